The third-order valence-electron chi connectivity index (χ3n) is 2.94. The van der Waals surface area contributed by atoms with Crippen LogP contribution in [0.1, 0.15) is 12.0 Å². The molecule has 0 heterocycles. The molecule has 0 saturated carbocycles. The Hall–Kier alpha value is -2.62. The standard InChI is InChI=1S/C14H15F3N2O5/c1-24-13(21)5-3-9-2-4-10(11(8-9)19(22)23)18-7-6-12(20)14(15,16)17/h2-5,8,12,18,20H,6-7H2,1H3/b5-3+/t12-/m0/s1. The number of aliphatic hydroxyl groups is 1. The molecule has 1 rings (SSSR count). The van der Waals surface area contributed by atoms with Gasteiger partial charge in [0.2, 0.25) is 0 Å². The Balaban J connectivity index is 2.83. The number of hydrogen-bond acceptors (Lipinski definition) is 6. The van der Waals surface area contributed by atoms with Crippen LogP contribution in [0, 0.1) is 10.1 Å². The number of carbonyl (C=O) groups is 1. The minimum absolute atomic E-state index is 0.00425. The zero-order chi connectivity index (χ0) is 18.3. The van der Waals surface area contributed by atoms with Crippen LogP contribution in [-0.4, -0.2) is 41.9 Å². The Morgan fingerprint density at radius 2 is 2.17 bits per heavy atom. The number of carbonyl (C=O) groups excluding carboxylic acids is 1. The molecular formula is C14H15F3N2O5. The minimum Gasteiger partial charge on any atom is -0.466 e. The van der Waals surface area contributed by atoms with Crippen molar-refractivity contribution in [3.8, 4) is 0 Å². The molecule has 0 spiro atoms. The zero-order valence-electron chi connectivity index (χ0n) is 12.5. The number of halogens is 3. The first-order valence-corrected chi connectivity index (χ1v) is 6.68. The predicted octanol–water partition coefficient (Wildman–Crippen LogP) is 2.51. The molecule has 0 amide bonds. The van der Waals surface area contributed by atoms with Gasteiger partial charge < -0.3 is 15.2 Å². The van der Waals surface area contributed by atoms with E-state index in [4.69, 9.17) is 5.11 Å². The number of hydrogen-bond donors (Lipinski definition) is 2. The summed E-state index contributed by atoms with van der Waals surface area (Å²) in [5.41, 5.74) is -0.0268. The second kappa shape index (κ2) is 8.29. The third kappa shape index (κ3) is 5.88. The highest BCUT2D eigenvalue weighted by Gasteiger charge is 2.37. The molecule has 132 valence electrons. The van der Waals surface area contributed by atoms with E-state index in [1.54, 1.807) is 0 Å². The van der Waals surface area contributed by atoms with Gasteiger partial charge in [-0.05, 0) is 24.1 Å². The van der Waals surface area contributed by atoms with Crippen LogP contribution in [0.25, 0.3) is 6.08 Å². The Labute approximate surface area is 134 Å². The smallest absolute Gasteiger partial charge is 0.414 e. The molecule has 1 aromatic carbocycles. The molecule has 1 atom stereocenters. The van der Waals surface area contributed by atoms with Crippen molar-refractivity contribution in [2.75, 3.05) is 19.0 Å². The summed E-state index contributed by atoms with van der Waals surface area (Å²) >= 11 is 0. The van der Waals surface area contributed by atoms with Crippen molar-refractivity contribution < 1.29 is 32.7 Å². The lowest BCUT2D eigenvalue weighted by Gasteiger charge is -2.15. The van der Waals surface area contributed by atoms with Crippen LogP contribution < -0.4 is 5.32 Å². The van der Waals surface area contributed by atoms with Crippen LogP contribution in [-0.2, 0) is 9.53 Å². The maximum Gasteiger partial charge on any atom is 0.414 e. The zero-order valence-corrected chi connectivity index (χ0v) is 12.5. The molecule has 0 aromatic heterocycles. The molecule has 0 bridgehead atoms. The molecule has 0 radical (unpaired) electrons. The van der Waals surface area contributed by atoms with Gasteiger partial charge in [-0.25, -0.2) is 4.79 Å². The summed E-state index contributed by atoms with van der Waals surface area (Å²) in [4.78, 5) is 21.3. The van der Waals surface area contributed by atoms with Gasteiger partial charge in [0, 0.05) is 18.7 Å². The third-order valence-corrected chi connectivity index (χ3v) is 2.94. The van der Waals surface area contributed by atoms with Crippen molar-refractivity contribution in [3.63, 3.8) is 0 Å². The first kappa shape index (κ1) is 19.4. The molecule has 2 N–H and O–H groups in total. The van der Waals surface area contributed by atoms with Crippen LogP contribution in [0.4, 0.5) is 24.5 Å². The maximum absolute atomic E-state index is 12.2. The van der Waals surface area contributed by atoms with Crippen molar-refractivity contribution in [2.24, 2.45) is 0 Å². The van der Waals surface area contributed by atoms with Gasteiger partial charge in [-0.1, -0.05) is 6.07 Å². The summed E-state index contributed by atoms with van der Waals surface area (Å²) in [6.07, 6.45) is -5.52. The van der Waals surface area contributed by atoms with Gasteiger partial charge in [0.15, 0.2) is 6.10 Å². The first-order valence-electron chi connectivity index (χ1n) is 6.68. The number of anilines is 1. The number of aliphatic hydroxyl groups excluding tert-OH is 1. The highest BCUT2D eigenvalue weighted by atomic mass is 19.4. The number of nitro benzene ring substituents is 1. The van der Waals surface area contributed by atoms with Gasteiger partial charge in [-0.15, -0.1) is 0 Å². The molecule has 7 nitrogen and oxygen atoms in total. The highest BCUT2D eigenvalue weighted by Crippen LogP contribution is 2.27. The van der Waals surface area contributed by atoms with E-state index in [1.807, 2.05) is 0 Å². The summed E-state index contributed by atoms with van der Waals surface area (Å²) in [6.45, 7) is -0.307. The second-order valence-corrected chi connectivity index (χ2v) is 4.66. The summed E-state index contributed by atoms with van der Waals surface area (Å²) in [5, 5.41) is 22.4. The molecule has 0 saturated heterocycles. The number of alkyl halides is 3. The number of nitrogens with one attached hydrogen (secondary N) is 1. The highest BCUT2D eigenvalue weighted by molar-refractivity contribution is 5.87. The SMILES string of the molecule is COC(=O)/C=C/c1ccc(NCC[C@H](O)C(F)(F)F)c([N+](=O)[O-])c1. The summed E-state index contributed by atoms with van der Waals surface area (Å²) in [7, 11) is 1.18. The fourth-order valence-corrected chi connectivity index (χ4v) is 1.69. The topological polar surface area (TPSA) is 102 Å². The van der Waals surface area contributed by atoms with E-state index in [-0.39, 0.29) is 17.9 Å². The van der Waals surface area contributed by atoms with Gasteiger partial charge in [0.05, 0.1) is 12.0 Å². The molecule has 0 fully saturated rings. The molecule has 1 aromatic rings. The van der Waals surface area contributed by atoms with Crippen LogP contribution in [0.15, 0.2) is 24.3 Å². The van der Waals surface area contributed by atoms with Gasteiger partial charge in [-0.2, -0.15) is 13.2 Å². The number of rotatable bonds is 7. The molecular weight excluding hydrogens is 333 g/mol. The Bertz CT molecular complexity index is 631. The van der Waals surface area contributed by atoms with Gasteiger partial charge in [-0.3, -0.25) is 10.1 Å². The number of nitro groups is 1. The largest absolute Gasteiger partial charge is 0.466 e. The predicted molar refractivity (Wildman–Crippen MR) is 79.3 cm³/mol. The van der Waals surface area contributed by atoms with E-state index >= 15 is 0 Å². The van der Waals surface area contributed by atoms with Gasteiger partial charge in [0.25, 0.3) is 5.69 Å². The average Bonchev–Trinajstić information content (AvgIpc) is 2.51. The van der Waals surface area contributed by atoms with Crippen molar-refractivity contribution in [2.45, 2.75) is 18.7 Å². The first-order chi connectivity index (χ1) is 11.1. The number of esters is 1. The number of nitrogens with zero attached hydrogens (tertiary/aromatic N) is 1. The maximum atomic E-state index is 12.2. The van der Waals surface area contributed by atoms with Crippen LogP contribution >= 0.6 is 0 Å². The van der Waals surface area contributed by atoms with Crippen LogP contribution in [0.2, 0.25) is 0 Å². The lowest BCUT2D eigenvalue weighted by molar-refractivity contribution is -0.384. The number of methoxy groups -OCH3 is 1. The fraction of sp³-hybridized carbons (Fsp3) is 0.357. The normalized spacial score (nSPS) is 12.9. The number of ether oxygens (including phenoxy) is 1. The minimum atomic E-state index is -4.74. The molecule has 10 heteroatoms. The Kier molecular flexibility index (Phi) is 6.71. The van der Waals surface area contributed by atoms with Gasteiger partial charge in [0.1, 0.15) is 5.69 Å². The van der Waals surface area contributed by atoms with E-state index < -0.39 is 29.6 Å². The fourth-order valence-electron chi connectivity index (χ4n) is 1.69. The summed E-state index contributed by atoms with van der Waals surface area (Å²) < 4.78 is 40.9. The van der Waals surface area contributed by atoms with E-state index in [2.05, 4.69) is 10.1 Å². The monoisotopic (exact) mass is 348 g/mol. The molecule has 24 heavy (non-hydrogen) atoms. The quantitative estimate of drug-likeness (QED) is 0.340. The van der Waals surface area contributed by atoms with E-state index in [0.717, 1.165) is 12.1 Å². The second-order valence-electron chi connectivity index (χ2n) is 4.66. The summed E-state index contributed by atoms with van der Waals surface area (Å²) in [5.74, 6) is -0.638. The molecule has 0 aliphatic heterocycles. The van der Waals surface area contributed by atoms with E-state index in [0.29, 0.717) is 5.56 Å². The van der Waals surface area contributed by atoms with Crippen LogP contribution in [0.5, 0.6) is 0 Å². The van der Waals surface area contributed by atoms with Crippen molar-refractivity contribution in [3.05, 3.63) is 40.0 Å². The van der Waals surface area contributed by atoms with Crippen LogP contribution in [0.3, 0.4) is 0 Å². The molecule has 0 aliphatic rings. The van der Waals surface area contributed by atoms with E-state index in [9.17, 15) is 28.1 Å². The van der Waals surface area contributed by atoms with Crippen molar-refractivity contribution >= 4 is 23.4 Å². The van der Waals surface area contributed by atoms with Crippen molar-refractivity contribution in [1.82, 2.24) is 0 Å². The van der Waals surface area contributed by atoms with E-state index in [1.165, 1.54) is 25.3 Å². The van der Waals surface area contributed by atoms with Gasteiger partial charge >= 0.3 is 12.1 Å². The average molecular weight is 348 g/mol. The lowest BCUT2D eigenvalue weighted by atomic mass is 10.1. The Morgan fingerprint density at radius 1 is 1.50 bits per heavy atom. The lowest BCUT2D eigenvalue weighted by Crippen LogP contribution is -2.30. The Morgan fingerprint density at radius 3 is 2.71 bits per heavy atom. The molecule has 0 unspecified atom stereocenters. The van der Waals surface area contributed by atoms with Crippen molar-refractivity contribution in [1.29, 1.82) is 0 Å². The number of benzene rings is 1. The summed E-state index contributed by atoms with van der Waals surface area (Å²) in [6, 6.07) is 3.89. The molecule has 0 aliphatic carbocycles.